The summed E-state index contributed by atoms with van der Waals surface area (Å²) in [5, 5.41) is 4.84. The maximum Gasteiger partial charge on any atom is 0.0657 e. The summed E-state index contributed by atoms with van der Waals surface area (Å²) in [5.74, 6) is 0.852. The van der Waals surface area contributed by atoms with Crippen LogP contribution in [-0.2, 0) is 25.8 Å². The van der Waals surface area contributed by atoms with Gasteiger partial charge in [0.05, 0.1) is 5.69 Å². The predicted molar refractivity (Wildman–Crippen MR) is 75.7 cm³/mol. The quantitative estimate of drug-likeness (QED) is 0.842. The van der Waals surface area contributed by atoms with Crippen molar-refractivity contribution in [1.29, 1.82) is 0 Å². The zero-order valence-electron chi connectivity index (χ0n) is 11.9. The molecule has 1 aromatic rings. The van der Waals surface area contributed by atoms with Crippen molar-refractivity contribution < 1.29 is 0 Å². The molecule has 0 saturated heterocycles. The van der Waals surface area contributed by atoms with E-state index in [9.17, 15) is 0 Å². The Morgan fingerprint density at radius 1 is 1.22 bits per heavy atom. The van der Waals surface area contributed by atoms with E-state index in [2.05, 4.69) is 18.5 Å². The van der Waals surface area contributed by atoms with Gasteiger partial charge in [0.15, 0.2) is 0 Å². The first kappa shape index (κ1) is 13.6. The third kappa shape index (κ3) is 2.77. The van der Waals surface area contributed by atoms with E-state index in [1.54, 1.807) is 0 Å². The molecule has 1 aliphatic carbocycles. The molecule has 1 aromatic heterocycles. The minimum atomic E-state index is 0.731. The second-order valence-corrected chi connectivity index (χ2v) is 5.45. The molecule has 102 valence electrons. The molecule has 1 fully saturated rings. The molecular formula is C15H27N3. The number of aromatic nitrogens is 2. The van der Waals surface area contributed by atoms with Gasteiger partial charge in [-0.3, -0.25) is 4.68 Å². The molecule has 3 nitrogen and oxygen atoms in total. The molecule has 0 aromatic carbocycles. The second-order valence-electron chi connectivity index (χ2n) is 5.45. The van der Waals surface area contributed by atoms with Gasteiger partial charge in [-0.2, -0.15) is 5.10 Å². The van der Waals surface area contributed by atoms with Crippen LogP contribution in [0.2, 0.25) is 0 Å². The highest BCUT2D eigenvalue weighted by atomic mass is 15.3. The Balaban J connectivity index is 2.22. The van der Waals surface area contributed by atoms with E-state index >= 15 is 0 Å². The highest BCUT2D eigenvalue weighted by molar-refractivity contribution is 5.27. The van der Waals surface area contributed by atoms with E-state index < -0.39 is 0 Å². The van der Waals surface area contributed by atoms with Crippen molar-refractivity contribution in [3.63, 3.8) is 0 Å². The molecule has 1 heterocycles. The van der Waals surface area contributed by atoms with Crippen LogP contribution in [0, 0.1) is 5.92 Å². The molecular weight excluding hydrogens is 222 g/mol. The Morgan fingerprint density at radius 2 is 1.94 bits per heavy atom. The first-order valence-corrected chi connectivity index (χ1v) is 7.57. The largest absolute Gasteiger partial charge is 0.330 e. The van der Waals surface area contributed by atoms with Gasteiger partial charge in [-0.05, 0) is 50.1 Å². The maximum absolute atomic E-state index is 5.74. The number of rotatable bonds is 6. The number of hydrogen-bond donors (Lipinski definition) is 1. The van der Waals surface area contributed by atoms with Crippen molar-refractivity contribution >= 4 is 0 Å². The van der Waals surface area contributed by atoms with Crippen molar-refractivity contribution in [1.82, 2.24) is 9.78 Å². The lowest BCUT2D eigenvalue weighted by atomic mass is 10.1. The fraction of sp³-hybridized carbons (Fsp3) is 0.800. The minimum absolute atomic E-state index is 0.731. The van der Waals surface area contributed by atoms with Gasteiger partial charge in [0.1, 0.15) is 0 Å². The van der Waals surface area contributed by atoms with E-state index in [4.69, 9.17) is 10.8 Å². The fourth-order valence-electron chi connectivity index (χ4n) is 3.29. The summed E-state index contributed by atoms with van der Waals surface area (Å²) in [6, 6.07) is 0. The fourth-order valence-corrected chi connectivity index (χ4v) is 3.29. The topological polar surface area (TPSA) is 43.8 Å². The van der Waals surface area contributed by atoms with Crippen LogP contribution in [0.1, 0.15) is 56.5 Å². The van der Waals surface area contributed by atoms with Crippen molar-refractivity contribution in [2.45, 2.75) is 65.3 Å². The summed E-state index contributed by atoms with van der Waals surface area (Å²) in [7, 11) is 0. The molecule has 3 heteroatoms. The van der Waals surface area contributed by atoms with Crippen LogP contribution >= 0.6 is 0 Å². The van der Waals surface area contributed by atoms with Crippen LogP contribution in [0.3, 0.4) is 0 Å². The average molecular weight is 249 g/mol. The van der Waals surface area contributed by atoms with Gasteiger partial charge < -0.3 is 5.73 Å². The van der Waals surface area contributed by atoms with Gasteiger partial charge in [-0.1, -0.05) is 26.7 Å². The number of aryl methyl sites for hydroxylation is 1. The highest BCUT2D eigenvalue weighted by Crippen LogP contribution is 2.27. The van der Waals surface area contributed by atoms with Gasteiger partial charge >= 0.3 is 0 Å². The molecule has 1 aliphatic rings. The maximum atomic E-state index is 5.74. The molecule has 18 heavy (non-hydrogen) atoms. The Labute approximate surface area is 111 Å². The molecule has 0 atom stereocenters. The summed E-state index contributed by atoms with van der Waals surface area (Å²) < 4.78 is 2.29. The molecule has 0 spiro atoms. The smallest absolute Gasteiger partial charge is 0.0657 e. The SMILES string of the molecule is CCc1nn(CC2CCCC2)c(CC)c1CCN. The minimum Gasteiger partial charge on any atom is -0.330 e. The number of hydrogen-bond acceptors (Lipinski definition) is 2. The van der Waals surface area contributed by atoms with Crippen molar-refractivity contribution in [3.8, 4) is 0 Å². The lowest BCUT2D eigenvalue weighted by Crippen LogP contribution is -2.12. The van der Waals surface area contributed by atoms with Crippen molar-refractivity contribution in [3.05, 3.63) is 17.0 Å². The summed E-state index contributed by atoms with van der Waals surface area (Å²) >= 11 is 0. The number of nitrogens with zero attached hydrogens (tertiary/aromatic N) is 2. The van der Waals surface area contributed by atoms with Crippen molar-refractivity contribution in [2.75, 3.05) is 6.54 Å². The van der Waals surface area contributed by atoms with Gasteiger partial charge in [0.25, 0.3) is 0 Å². The average Bonchev–Trinajstić information content (AvgIpc) is 2.98. The molecule has 0 aliphatic heterocycles. The van der Waals surface area contributed by atoms with Gasteiger partial charge in [0, 0.05) is 12.2 Å². The lowest BCUT2D eigenvalue weighted by Gasteiger charge is -2.12. The Hall–Kier alpha value is -0.830. The molecule has 2 N–H and O–H groups in total. The molecule has 0 unspecified atom stereocenters. The molecule has 2 rings (SSSR count). The van der Waals surface area contributed by atoms with E-state index in [-0.39, 0.29) is 0 Å². The van der Waals surface area contributed by atoms with Crippen LogP contribution in [-0.4, -0.2) is 16.3 Å². The normalized spacial score (nSPS) is 16.6. The van der Waals surface area contributed by atoms with E-state index in [1.807, 2.05) is 0 Å². The van der Waals surface area contributed by atoms with E-state index in [0.717, 1.165) is 38.3 Å². The van der Waals surface area contributed by atoms with Crippen molar-refractivity contribution in [2.24, 2.45) is 11.7 Å². The van der Waals surface area contributed by atoms with Crippen LogP contribution in [0.15, 0.2) is 0 Å². The van der Waals surface area contributed by atoms with Crippen LogP contribution in [0.5, 0.6) is 0 Å². The standard InChI is InChI=1S/C15H27N3/c1-3-14-13(9-10-16)15(4-2)18(17-14)11-12-7-5-6-8-12/h12H,3-11,16H2,1-2H3. The first-order chi connectivity index (χ1) is 8.80. The molecule has 0 bridgehead atoms. The predicted octanol–water partition coefficient (Wildman–Crippen LogP) is 2.70. The highest BCUT2D eigenvalue weighted by Gasteiger charge is 2.20. The zero-order valence-corrected chi connectivity index (χ0v) is 11.9. The Kier molecular flexibility index (Phi) is 4.81. The summed E-state index contributed by atoms with van der Waals surface area (Å²) in [6.45, 7) is 6.29. The van der Waals surface area contributed by atoms with Crippen LogP contribution in [0.4, 0.5) is 0 Å². The third-order valence-electron chi connectivity index (χ3n) is 4.22. The van der Waals surface area contributed by atoms with Gasteiger partial charge in [0.2, 0.25) is 0 Å². The van der Waals surface area contributed by atoms with Gasteiger partial charge in [-0.25, -0.2) is 0 Å². The Bertz CT molecular complexity index is 375. The van der Waals surface area contributed by atoms with Gasteiger partial charge in [-0.15, -0.1) is 0 Å². The lowest BCUT2D eigenvalue weighted by molar-refractivity contribution is 0.418. The zero-order chi connectivity index (χ0) is 13.0. The monoisotopic (exact) mass is 249 g/mol. The second kappa shape index (κ2) is 6.37. The summed E-state index contributed by atoms with van der Waals surface area (Å²) in [4.78, 5) is 0. The molecule has 0 amide bonds. The number of nitrogens with two attached hydrogens (primary N) is 1. The first-order valence-electron chi connectivity index (χ1n) is 7.57. The van der Waals surface area contributed by atoms with Crippen LogP contribution in [0.25, 0.3) is 0 Å². The van der Waals surface area contributed by atoms with E-state index in [0.29, 0.717) is 0 Å². The van der Waals surface area contributed by atoms with E-state index in [1.165, 1.54) is 42.6 Å². The Morgan fingerprint density at radius 3 is 2.50 bits per heavy atom. The summed E-state index contributed by atoms with van der Waals surface area (Å²) in [5.41, 5.74) is 9.88. The molecule has 1 saturated carbocycles. The third-order valence-corrected chi connectivity index (χ3v) is 4.22. The van der Waals surface area contributed by atoms with Crippen LogP contribution < -0.4 is 5.73 Å². The molecule has 0 radical (unpaired) electrons. The summed E-state index contributed by atoms with van der Waals surface area (Å²) in [6.07, 6.45) is 8.67.